The van der Waals surface area contributed by atoms with Gasteiger partial charge in [-0.05, 0) is 19.1 Å². The highest BCUT2D eigenvalue weighted by Gasteiger charge is 2.35. The van der Waals surface area contributed by atoms with Crippen LogP contribution in [0.3, 0.4) is 0 Å². The van der Waals surface area contributed by atoms with E-state index >= 15 is 0 Å². The van der Waals surface area contributed by atoms with Crippen molar-refractivity contribution in [3.8, 4) is 5.75 Å². The van der Waals surface area contributed by atoms with E-state index in [2.05, 4.69) is 20.3 Å². The van der Waals surface area contributed by atoms with Crippen LogP contribution in [0.5, 0.6) is 5.75 Å². The standard InChI is InChI=1S/C21H23N5O4/c1-21(13-27)11-14-9-16(17(10-18(14)30-21)25-5-7-29-8-6-25)24-20(28)15-12-23-26-4-2-3-22-19(15)26/h2-4,9-10,12,27H,5-8,11,13H2,1H3,(H,24,28). The first-order valence-corrected chi connectivity index (χ1v) is 9.95. The number of aliphatic hydroxyl groups excluding tert-OH is 1. The van der Waals surface area contributed by atoms with Crippen LogP contribution in [0.25, 0.3) is 5.65 Å². The second-order valence-corrected chi connectivity index (χ2v) is 7.86. The van der Waals surface area contributed by atoms with Crippen LogP contribution in [-0.4, -0.2) is 64.1 Å². The molecule has 0 bridgehead atoms. The molecule has 9 nitrogen and oxygen atoms in total. The molecule has 1 amide bonds. The molecule has 1 aromatic carbocycles. The van der Waals surface area contributed by atoms with Gasteiger partial charge in [-0.3, -0.25) is 4.79 Å². The van der Waals surface area contributed by atoms with E-state index in [0.29, 0.717) is 36.5 Å². The lowest BCUT2D eigenvalue weighted by molar-refractivity contribution is 0.0446. The van der Waals surface area contributed by atoms with Gasteiger partial charge in [-0.1, -0.05) is 0 Å². The van der Waals surface area contributed by atoms with Crippen LogP contribution in [0.4, 0.5) is 11.4 Å². The molecule has 5 rings (SSSR count). The molecule has 2 N–H and O–H groups in total. The minimum atomic E-state index is -0.653. The predicted molar refractivity (Wildman–Crippen MR) is 110 cm³/mol. The van der Waals surface area contributed by atoms with Crippen molar-refractivity contribution in [2.75, 3.05) is 43.1 Å². The van der Waals surface area contributed by atoms with Gasteiger partial charge in [-0.15, -0.1) is 0 Å². The minimum absolute atomic E-state index is 0.0790. The number of carbonyl (C=O) groups is 1. The molecule has 1 atom stereocenters. The SMILES string of the molecule is CC1(CO)Cc2cc(NC(=O)c3cnn4cccnc34)c(N3CCOCC3)cc2O1. The van der Waals surface area contributed by atoms with Crippen molar-refractivity contribution in [3.63, 3.8) is 0 Å². The number of aromatic nitrogens is 3. The maximum atomic E-state index is 13.1. The number of aliphatic hydroxyl groups is 1. The van der Waals surface area contributed by atoms with Crippen LogP contribution in [0.15, 0.2) is 36.8 Å². The summed E-state index contributed by atoms with van der Waals surface area (Å²) in [6.45, 7) is 4.48. The lowest BCUT2D eigenvalue weighted by Gasteiger charge is -2.31. The highest BCUT2D eigenvalue weighted by molar-refractivity contribution is 6.09. The molecule has 4 heterocycles. The van der Waals surface area contributed by atoms with E-state index in [-0.39, 0.29) is 12.5 Å². The third kappa shape index (κ3) is 3.25. The lowest BCUT2D eigenvalue weighted by atomic mass is 9.99. The Labute approximate surface area is 173 Å². The summed E-state index contributed by atoms with van der Waals surface area (Å²) in [6, 6.07) is 5.65. The molecule has 0 radical (unpaired) electrons. The molecule has 3 aromatic rings. The normalized spacial score (nSPS) is 20.8. The molecule has 1 fully saturated rings. The van der Waals surface area contributed by atoms with Gasteiger partial charge in [0.1, 0.15) is 16.9 Å². The van der Waals surface area contributed by atoms with E-state index in [0.717, 1.165) is 30.1 Å². The van der Waals surface area contributed by atoms with Crippen LogP contribution in [-0.2, 0) is 11.2 Å². The summed E-state index contributed by atoms with van der Waals surface area (Å²) < 4.78 is 13.1. The Bertz CT molecular complexity index is 1110. The minimum Gasteiger partial charge on any atom is -0.484 e. The largest absolute Gasteiger partial charge is 0.484 e. The number of hydrogen-bond donors (Lipinski definition) is 2. The van der Waals surface area contributed by atoms with Gasteiger partial charge < -0.3 is 24.8 Å². The molecule has 30 heavy (non-hydrogen) atoms. The maximum Gasteiger partial charge on any atom is 0.261 e. The topological polar surface area (TPSA) is 101 Å². The zero-order valence-corrected chi connectivity index (χ0v) is 16.7. The molecule has 9 heteroatoms. The molecular formula is C21H23N5O4. The fourth-order valence-corrected chi connectivity index (χ4v) is 3.98. The first-order valence-electron chi connectivity index (χ1n) is 9.95. The molecule has 2 aromatic heterocycles. The van der Waals surface area contributed by atoms with Gasteiger partial charge in [0.05, 0.1) is 37.4 Å². The second-order valence-electron chi connectivity index (χ2n) is 7.86. The number of carbonyl (C=O) groups excluding carboxylic acids is 1. The van der Waals surface area contributed by atoms with Crippen LogP contribution < -0.4 is 15.0 Å². The molecular weight excluding hydrogens is 386 g/mol. The third-order valence-electron chi connectivity index (χ3n) is 5.56. The van der Waals surface area contributed by atoms with Crippen LogP contribution in [0.2, 0.25) is 0 Å². The number of rotatable bonds is 4. The molecule has 1 saturated heterocycles. The number of nitrogens with zero attached hydrogens (tertiary/aromatic N) is 4. The Kier molecular flexibility index (Phi) is 4.56. The zero-order chi connectivity index (χ0) is 20.7. The van der Waals surface area contributed by atoms with Crippen LogP contribution >= 0.6 is 0 Å². The maximum absolute atomic E-state index is 13.1. The molecule has 0 aliphatic carbocycles. The Morgan fingerprint density at radius 1 is 1.33 bits per heavy atom. The average Bonchev–Trinajstić information content (AvgIpc) is 3.34. The molecule has 2 aliphatic rings. The highest BCUT2D eigenvalue weighted by Crippen LogP contribution is 2.42. The summed E-state index contributed by atoms with van der Waals surface area (Å²) in [5.74, 6) is 0.464. The molecule has 0 saturated carbocycles. The van der Waals surface area contributed by atoms with E-state index in [1.807, 2.05) is 19.1 Å². The van der Waals surface area contributed by atoms with E-state index in [1.54, 1.807) is 23.0 Å². The van der Waals surface area contributed by atoms with E-state index in [4.69, 9.17) is 9.47 Å². The highest BCUT2D eigenvalue weighted by atomic mass is 16.5. The monoisotopic (exact) mass is 409 g/mol. The number of hydrogen-bond acceptors (Lipinski definition) is 7. The first kappa shape index (κ1) is 18.8. The fraction of sp³-hybridized carbons (Fsp3) is 0.381. The summed E-state index contributed by atoms with van der Waals surface area (Å²) >= 11 is 0. The molecule has 156 valence electrons. The summed E-state index contributed by atoms with van der Waals surface area (Å²) in [5.41, 5.74) is 2.77. The van der Waals surface area contributed by atoms with Crippen LogP contribution in [0.1, 0.15) is 22.8 Å². The Hall–Kier alpha value is -3.17. The predicted octanol–water partition coefficient (Wildman–Crippen LogP) is 1.50. The lowest BCUT2D eigenvalue weighted by Crippen LogP contribution is -2.36. The van der Waals surface area contributed by atoms with Gasteiger partial charge in [-0.2, -0.15) is 5.10 Å². The van der Waals surface area contributed by atoms with E-state index in [1.165, 1.54) is 6.20 Å². The van der Waals surface area contributed by atoms with Gasteiger partial charge in [-0.25, -0.2) is 9.50 Å². The fourth-order valence-electron chi connectivity index (χ4n) is 3.98. The van der Waals surface area contributed by atoms with Gasteiger partial charge in [0.25, 0.3) is 5.91 Å². The average molecular weight is 409 g/mol. The summed E-state index contributed by atoms with van der Waals surface area (Å²) in [6.07, 6.45) is 5.48. The Morgan fingerprint density at radius 2 is 2.17 bits per heavy atom. The van der Waals surface area contributed by atoms with Gasteiger partial charge in [0, 0.05) is 43.5 Å². The van der Waals surface area contributed by atoms with Crippen LogP contribution in [0, 0.1) is 0 Å². The third-order valence-corrected chi connectivity index (χ3v) is 5.56. The Morgan fingerprint density at radius 3 is 2.97 bits per heavy atom. The van der Waals surface area contributed by atoms with Crippen molar-refractivity contribution in [3.05, 3.63) is 47.9 Å². The number of ether oxygens (including phenoxy) is 2. The smallest absolute Gasteiger partial charge is 0.261 e. The summed E-state index contributed by atoms with van der Waals surface area (Å²) in [4.78, 5) is 19.5. The number of anilines is 2. The second kappa shape index (κ2) is 7.26. The van der Waals surface area contributed by atoms with E-state index in [9.17, 15) is 9.90 Å². The van der Waals surface area contributed by atoms with Crippen molar-refractivity contribution in [1.29, 1.82) is 0 Å². The van der Waals surface area contributed by atoms with E-state index < -0.39 is 5.60 Å². The molecule has 1 unspecified atom stereocenters. The summed E-state index contributed by atoms with van der Waals surface area (Å²) in [7, 11) is 0. The zero-order valence-electron chi connectivity index (χ0n) is 16.7. The number of nitrogens with one attached hydrogen (secondary N) is 1. The summed E-state index contributed by atoms with van der Waals surface area (Å²) in [5, 5.41) is 17.0. The molecule has 0 spiro atoms. The van der Waals surface area contributed by atoms with Crippen molar-refractivity contribution in [2.45, 2.75) is 18.9 Å². The van der Waals surface area contributed by atoms with Crippen molar-refractivity contribution in [2.24, 2.45) is 0 Å². The number of fused-ring (bicyclic) bond motifs is 2. The number of morpholine rings is 1. The van der Waals surface area contributed by atoms with Crippen molar-refractivity contribution in [1.82, 2.24) is 14.6 Å². The molecule has 2 aliphatic heterocycles. The number of benzene rings is 1. The Balaban J connectivity index is 1.51. The van der Waals surface area contributed by atoms with Gasteiger partial charge in [0.2, 0.25) is 0 Å². The van der Waals surface area contributed by atoms with Crippen molar-refractivity contribution >= 4 is 22.9 Å². The quantitative estimate of drug-likeness (QED) is 0.673. The van der Waals surface area contributed by atoms with Crippen molar-refractivity contribution < 1.29 is 19.4 Å². The van der Waals surface area contributed by atoms with Gasteiger partial charge in [0.15, 0.2) is 5.65 Å². The number of amides is 1. The van der Waals surface area contributed by atoms with Gasteiger partial charge >= 0.3 is 0 Å². The first-order chi connectivity index (χ1) is 14.6.